The summed E-state index contributed by atoms with van der Waals surface area (Å²) in [5, 5.41) is 3.44. The minimum absolute atomic E-state index is 0.278. The summed E-state index contributed by atoms with van der Waals surface area (Å²) in [6, 6.07) is 0.489. The lowest BCUT2D eigenvalue weighted by Gasteiger charge is -2.31. The van der Waals surface area contributed by atoms with Crippen molar-refractivity contribution < 1.29 is 0 Å². The van der Waals surface area contributed by atoms with E-state index in [0.717, 1.165) is 6.54 Å². The summed E-state index contributed by atoms with van der Waals surface area (Å²) in [4.78, 5) is 4.56. The fourth-order valence-corrected chi connectivity index (χ4v) is 2.68. The van der Waals surface area contributed by atoms with E-state index in [0.29, 0.717) is 6.04 Å². The number of nitrogens with zero attached hydrogens (tertiary/aromatic N) is 2. The van der Waals surface area contributed by atoms with Gasteiger partial charge >= 0.3 is 0 Å². The van der Waals surface area contributed by atoms with Gasteiger partial charge in [0.25, 0.3) is 0 Å². The fraction of sp³-hybridized carbons (Fsp3) is 0.786. The van der Waals surface area contributed by atoms with E-state index in [1.807, 2.05) is 6.33 Å². The van der Waals surface area contributed by atoms with Gasteiger partial charge in [0.2, 0.25) is 0 Å². The Morgan fingerprint density at radius 2 is 2.06 bits per heavy atom. The number of nitrogens with one attached hydrogen (secondary N) is 1. The molecule has 0 saturated heterocycles. The number of hydrogen-bond donors (Lipinski definition) is 1. The molecular formula is C14H25N3. The Hall–Kier alpha value is -0.830. The highest BCUT2D eigenvalue weighted by Crippen LogP contribution is 2.24. The summed E-state index contributed by atoms with van der Waals surface area (Å²) in [5.41, 5.74) is 3.08. The van der Waals surface area contributed by atoms with Crippen LogP contribution in [0.3, 0.4) is 0 Å². The van der Waals surface area contributed by atoms with Crippen LogP contribution in [-0.2, 0) is 19.4 Å². The molecule has 1 aromatic rings. The molecule has 1 aromatic heterocycles. The maximum absolute atomic E-state index is 4.56. The van der Waals surface area contributed by atoms with Crippen molar-refractivity contribution in [1.82, 2.24) is 14.9 Å². The summed E-state index contributed by atoms with van der Waals surface area (Å²) in [5.74, 6) is 0. The number of hydrogen-bond acceptors (Lipinski definition) is 2. The van der Waals surface area contributed by atoms with E-state index in [2.05, 4.69) is 42.7 Å². The van der Waals surface area contributed by atoms with E-state index in [4.69, 9.17) is 0 Å². The van der Waals surface area contributed by atoms with Crippen LogP contribution in [0.5, 0.6) is 0 Å². The first-order valence-electron chi connectivity index (χ1n) is 6.72. The number of imidazole rings is 1. The standard InChI is InChI=1S/C14H25N3/c1-14(2,3)13(15-4)9-17-10-16-11-7-5-6-8-12(11)17/h10,13,15H,5-9H2,1-4H3. The van der Waals surface area contributed by atoms with E-state index < -0.39 is 0 Å². The second kappa shape index (κ2) is 4.81. The average Bonchev–Trinajstić information content (AvgIpc) is 2.67. The number of likely N-dealkylation sites (N-methyl/N-ethyl adjacent to an activating group) is 1. The van der Waals surface area contributed by atoms with E-state index in [9.17, 15) is 0 Å². The fourth-order valence-electron chi connectivity index (χ4n) is 2.68. The molecule has 1 N–H and O–H groups in total. The molecule has 3 nitrogen and oxygen atoms in total. The summed E-state index contributed by atoms with van der Waals surface area (Å²) >= 11 is 0. The Morgan fingerprint density at radius 1 is 1.35 bits per heavy atom. The maximum Gasteiger partial charge on any atom is 0.0952 e. The van der Waals surface area contributed by atoms with Crippen molar-refractivity contribution in [3.05, 3.63) is 17.7 Å². The van der Waals surface area contributed by atoms with Crippen LogP contribution in [0, 0.1) is 5.41 Å². The predicted molar refractivity (Wildman–Crippen MR) is 71.2 cm³/mol. The van der Waals surface area contributed by atoms with Gasteiger partial charge in [0, 0.05) is 18.3 Å². The van der Waals surface area contributed by atoms with E-state index in [-0.39, 0.29) is 5.41 Å². The van der Waals surface area contributed by atoms with Gasteiger partial charge in [-0.2, -0.15) is 0 Å². The molecule has 0 bridgehead atoms. The summed E-state index contributed by atoms with van der Waals surface area (Å²) < 4.78 is 2.36. The average molecular weight is 235 g/mol. The molecule has 1 aliphatic carbocycles. The molecule has 1 atom stereocenters. The molecule has 0 fully saturated rings. The SMILES string of the molecule is CNC(Cn1cnc2c1CCCC2)C(C)(C)C. The van der Waals surface area contributed by atoms with E-state index in [1.165, 1.54) is 37.1 Å². The molecule has 1 heterocycles. The molecule has 0 radical (unpaired) electrons. The summed E-state index contributed by atoms with van der Waals surface area (Å²) in [7, 11) is 2.05. The minimum Gasteiger partial charge on any atom is -0.333 e. The third-order valence-electron chi connectivity index (χ3n) is 3.88. The van der Waals surface area contributed by atoms with Gasteiger partial charge in [-0.25, -0.2) is 4.98 Å². The number of fused-ring (bicyclic) bond motifs is 1. The van der Waals surface area contributed by atoms with Crippen LogP contribution in [0.1, 0.15) is 45.0 Å². The molecule has 96 valence electrons. The lowest BCUT2D eigenvalue weighted by atomic mass is 9.86. The molecule has 17 heavy (non-hydrogen) atoms. The molecule has 2 rings (SSSR count). The molecule has 3 heteroatoms. The van der Waals surface area contributed by atoms with Gasteiger partial charge in [-0.15, -0.1) is 0 Å². The number of aromatic nitrogens is 2. The second-order valence-electron chi connectivity index (χ2n) is 6.20. The van der Waals surface area contributed by atoms with Gasteiger partial charge in [-0.3, -0.25) is 0 Å². The summed E-state index contributed by atoms with van der Waals surface area (Å²) in [6.07, 6.45) is 7.03. The van der Waals surface area contributed by atoms with Gasteiger partial charge in [0.05, 0.1) is 12.0 Å². The van der Waals surface area contributed by atoms with Crippen molar-refractivity contribution in [2.45, 2.75) is 59.0 Å². The topological polar surface area (TPSA) is 29.9 Å². The van der Waals surface area contributed by atoms with Crippen molar-refractivity contribution in [3.8, 4) is 0 Å². The van der Waals surface area contributed by atoms with Crippen LogP contribution < -0.4 is 5.32 Å². The maximum atomic E-state index is 4.56. The van der Waals surface area contributed by atoms with Crippen molar-refractivity contribution >= 4 is 0 Å². The van der Waals surface area contributed by atoms with Gasteiger partial charge < -0.3 is 9.88 Å². The minimum atomic E-state index is 0.278. The van der Waals surface area contributed by atoms with Crippen LogP contribution in [0.25, 0.3) is 0 Å². The predicted octanol–water partition coefficient (Wildman–Crippen LogP) is 2.40. The Bertz CT molecular complexity index is 373. The molecule has 0 aromatic carbocycles. The first kappa shape index (κ1) is 12.6. The zero-order chi connectivity index (χ0) is 12.5. The molecule has 1 unspecified atom stereocenters. The van der Waals surface area contributed by atoms with Gasteiger partial charge in [-0.1, -0.05) is 20.8 Å². The lowest BCUT2D eigenvalue weighted by molar-refractivity contribution is 0.252. The third-order valence-corrected chi connectivity index (χ3v) is 3.88. The van der Waals surface area contributed by atoms with E-state index >= 15 is 0 Å². The highest BCUT2D eigenvalue weighted by molar-refractivity contribution is 5.16. The normalized spacial score (nSPS) is 17.9. The molecule has 1 aliphatic rings. The summed E-state index contributed by atoms with van der Waals surface area (Å²) in [6.45, 7) is 7.90. The zero-order valence-corrected chi connectivity index (χ0v) is 11.6. The first-order chi connectivity index (χ1) is 8.02. The van der Waals surface area contributed by atoms with Crippen molar-refractivity contribution in [3.63, 3.8) is 0 Å². The van der Waals surface area contributed by atoms with Crippen molar-refractivity contribution in [2.75, 3.05) is 7.05 Å². The van der Waals surface area contributed by atoms with E-state index in [1.54, 1.807) is 0 Å². The van der Waals surface area contributed by atoms with Crippen LogP contribution in [0.2, 0.25) is 0 Å². The highest BCUT2D eigenvalue weighted by atomic mass is 15.1. The zero-order valence-electron chi connectivity index (χ0n) is 11.6. The quantitative estimate of drug-likeness (QED) is 0.872. The molecule has 0 amide bonds. The first-order valence-corrected chi connectivity index (χ1v) is 6.72. The number of rotatable bonds is 3. The van der Waals surface area contributed by atoms with Gasteiger partial charge in [0.1, 0.15) is 0 Å². The van der Waals surface area contributed by atoms with Crippen LogP contribution in [-0.4, -0.2) is 22.6 Å². The van der Waals surface area contributed by atoms with Crippen LogP contribution in [0.4, 0.5) is 0 Å². The van der Waals surface area contributed by atoms with Gasteiger partial charge in [-0.05, 0) is 38.1 Å². The monoisotopic (exact) mass is 235 g/mol. The molecule has 0 aliphatic heterocycles. The van der Waals surface area contributed by atoms with Crippen molar-refractivity contribution in [2.24, 2.45) is 5.41 Å². The Morgan fingerprint density at radius 3 is 2.71 bits per heavy atom. The molecule has 0 saturated carbocycles. The Kier molecular flexibility index (Phi) is 3.57. The Labute approximate surface area is 105 Å². The molecule has 0 spiro atoms. The van der Waals surface area contributed by atoms with Crippen molar-refractivity contribution in [1.29, 1.82) is 0 Å². The second-order valence-corrected chi connectivity index (χ2v) is 6.20. The molecular weight excluding hydrogens is 210 g/mol. The van der Waals surface area contributed by atoms with Gasteiger partial charge in [0.15, 0.2) is 0 Å². The lowest BCUT2D eigenvalue weighted by Crippen LogP contribution is -2.41. The Balaban J connectivity index is 2.15. The third kappa shape index (κ3) is 2.71. The highest BCUT2D eigenvalue weighted by Gasteiger charge is 2.25. The van der Waals surface area contributed by atoms with Crippen LogP contribution in [0.15, 0.2) is 6.33 Å². The van der Waals surface area contributed by atoms with Crippen LogP contribution >= 0.6 is 0 Å². The number of aryl methyl sites for hydroxylation is 1. The largest absolute Gasteiger partial charge is 0.333 e. The smallest absolute Gasteiger partial charge is 0.0952 e.